The minimum Gasteiger partial charge on any atom is -0.497 e. The Labute approximate surface area is 180 Å². The normalized spacial score (nSPS) is 31.2. The number of nitrogens with zero attached hydrogens (tertiary/aromatic N) is 2. The van der Waals surface area contributed by atoms with Crippen LogP contribution in [-0.2, 0) is 9.53 Å². The van der Waals surface area contributed by atoms with Crippen LogP contribution in [0.2, 0.25) is 0 Å². The highest BCUT2D eigenvalue weighted by Crippen LogP contribution is 2.39. The number of carbonyl (C=O) groups excluding carboxylic acids is 1. The Morgan fingerprint density at radius 3 is 2.40 bits per heavy atom. The predicted molar refractivity (Wildman–Crippen MR) is 113 cm³/mol. The van der Waals surface area contributed by atoms with E-state index in [-0.39, 0.29) is 12.3 Å². The second kappa shape index (κ2) is 8.54. The number of thiocarbonyl (C=S) groups is 1. The van der Waals surface area contributed by atoms with Gasteiger partial charge in [-0.05, 0) is 18.6 Å². The summed E-state index contributed by atoms with van der Waals surface area (Å²) in [4.78, 5) is 17.0. The largest absolute Gasteiger partial charge is 0.497 e. The molecular weight excluding hydrogens is 410 g/mol. The second-order valence-electron chi connectivity index (χ2n) is 7.74. The van der Waals surface area contributed by atoms with E-state index in [2.05, 4.69) is 5.32 Å². The Kier molecular flexibility index (Phi) is 6.01. The van der Waals surface area contributed by atoms with Gasteiger partial charge in [-0.15, -0.1) is 0 Å². The number of benzene rings is 1. The maximum atomic E-state index is 13.4. The summed E-state index contributed by atoms with van der Waals surface area (Å²) in [6.45, 7) is 2.00. The highest BCUT2D eigenvalue weighted by molar-refractivity contribution is 7.80. The average molecular weight is 438 g/mol. The molecule has 0 bridgehead atoms. The molecule has 1 aromatic rings. The van der Waals surface area contributed by atoms with Crippen LogP contribution in [0, 0.1) is 5.92 Å². The lowest BCUT2D eigenvalue weighted by Gasteiger charge is -2.43. The van der Waals surface area contributed by atoms with Gasteiger partial charge in [0.15, 0.2) is 5.11 Å². The van der Waals surface area contributed by atoms with E-state index in [1.54, 1.807) is 25.2 Å². The number of amides is 1. The van der Waals surface area contributed by atoms with Crippen molar-refractivity contribution in [2.45, 2.75) is 30.7 Å². The van der Waals surface area contributed by atoms with Gasteiger partial charge in [-0.2, -0.15) is 0 Å². The summed E-state index contributed by atoms with van der Waals surface area (Å²) in [5, 5.41) is 24.6. The molecule has 3 aliphatic rings. The van der Waals surface area contributed by atoms with Crippen LogP contribution in [0.4, 0.5) is 5.69 Å². The van der Waals surface area contributed by atoms with Crippen molar-refractivity contribution in [3.05, 3.63) is 18.2 Å². The van der Waals surface area contributed by atoms with Gasteiger partial charge in [-0.25, -0.2) is 0 Å². The molecule has 3 fully saturated rings. The van der Waals surface area contributed by atoms with E-state index in [9.17, 15) is 15.0 Å². The summed E-state index contributed by atoms with van der Waals surface area (Å²) in [7, 11) is 3.13. The van der Waals surface area contributed by atoms with Crippen molar-refractivity contribution in [2.75, 3.05) is 45.4 Å². The highest BCUT2D eigenvalue weighted by Gasteiger charge is 2.54. The van der Waals surface area contributed by atoms with Crippen LogP contribution in [0.1, 0.15) is 6.42 Å². The van der Waals surface area contributed by atoms with Crippen molar-refractivity contribution < 1.29 is 29.2 Å². The van der Waals surface area contributed by atoms with Crippen molar-refractivity contribution in [3.8, 4) is 11.5 Å². The first-order valence-corrected chi connectivity index (χ1v) is 10.4. The maximum Gasteiger partial charge on any atom is 0.228 e. The monoisotopic (exact) mass is 437 g/mol. The van der Waals surface area contributed by atoms with Crippen molar-refractivity contribution in [3.63, 3.8) is 0 Å². The fraction of sp³-hybridized carbons (Fsp3) is 0.600. The van der Waals surface area contributed by atoms with Crippen LogP contribution in [-0.4, -0.2) is 90.9 Å². The molecule has 1 aromatic carbocycles. The molecule has 2 aliphatic heterocycles. The van der Waals surface area contributed by atoms with E-state index in [1.807, 2.05) is 17.0 Å². The molecule has 9 nitrogen and oxygen atoms in total. The van der Waals surface area contributed by atoms with Gasteiger partial charge in [0.1, 0.15) is 17.6 Å². The molecule has 4 rings (SSSR count). The smallest absolute Gasteiger partial charge is 0.228 e. The number of carbonyl (C=O) groups is 1. The number of hydrogen-bond acceptors (Lipinski definition) is 7. The van der Waals surface area contributed by atoms with E-state index >= 15 is 0 Å². The molecule has 1 saturated carbocycles. The van der Waals surface area contributed by atoms with Gasteiger partial charge in [0, 0.05) is 31.3 Å². The molecule has 5 unspecified atom stereocenters. The molecule has 1 amide bonds. The molecule has 1 aliphatic carbocycles. The standard InChI is InChI=1S/C20H27N3O6S/c1-27-12-7-11(8-13(9-12)28-2)23-17-14(19(26)22-3-5-29-6-4-22)10-15(24)18(25)16(17)21-20(23)30/h7-9,14-18,24-25H,3-6,10H2,1-2H3,(H,21,30). The summed E-state index contributed by atoms with van der Waals surface area (Å²) in [5.74, 6) is 0.563. The molecule has 30 heavy (non-hydrogen) atoms. The minimum absolute atomic E-state index is 0.0642. The van der Waals surface area contributed by atoms with Gasteiger partial charge >= 0.3 is 0 Å². The lowest BCUT2D eigenvalue weighted by molar-refractivity contribution is -0.145. The number of aliphatic hydroxyl groups is 2. The molecule has 10 heteroatoms. The van der Waals surface area contributed by atoms with E-state index in [1.165, 1.54) is 0 Å². The van der Waals surface area contributed by atoms with Crippen molar-refractivity contribution in [1.29, 1.82) is 0 Å². The van der Waals surface area contributed by atoms with Crippen LogP contribution in [0.5, 0.6) is 11.5 Å². The summed E-state index contributed by atoms with van der Waals surface area (Å²) in [6, 6.07) is 4.35. The molecule has 0 radical (unpaired) electrons. The van der Waals surface area contributed by atoms with Crippen molar-refractivity contribution in [1.82, 2.24) is 10.2 Å². The van der Waals surface area contributed by atoms with Gasteiger partial charge in [-0.1, -0.05) is 0 Å². The topological polar surface area (TPSA) is 104 Å². The fourth-order valence-corrected chi connectivity index (χ4v) is 4.94. The van der Waals surface area contributed by atoms with Crippen molar-refractivity contribution >= 4 is 28.9 Å². The molecule has 2 heterocycles. The van der Waals surface area contributed by atoms with Crippen LogP contribution < -0.4 is 19.7 Å². The third-order valence-electron chi connectivity index (χ3n) is 6.10. The highest BCUT2D eigenvalue weighted by atomic mass is 32.1. The Morgan fingerprint density at radius 2 is 1.80 bits per heavy atom. The zero-order valence-corrected chi connectivity index (χ0v) is 17.8. The lowest BCUT2D eigenvalue weighted by Crippen LogP contribution is -2.61. The molecule has 0 aromatic heterocycles. The Morgan fingerprint density at radius 1 is 1.17 bits per heavy atom. The third-order valence-corrected chi connectivity index (χ3v) is 6.41. The summed E-state index contributed by atoms with van der Waals surface area (Å²) >= 11 is 5.58. The number of fused-ring (bicyclic) bond motifs is 1. The predicted octanol–water partition coefficient (Wildman–Crippen LogP) is -0.264. The Balaban J connectivity index is 1.72. The number of anilines is 1. The molecule has 3 N–H and O–H groups in total. The van der Waals surface area contributed by atoms with Crippen LogP contribution in [0.25, 0.3) is 0 Å². The van der Waals surface area contributed by atoms with E-state index in [4.69, 9.17) is 26.4 Å². The van der Waals surface area contributed by atoms with E-state index in [0.717, 1.165) is 0 Å². The first-order chi connectivity index (χ1) is 14.4. The number of aliphatic hydroxyl groups excluding tert-OH is 2. The van der Waals surface area contributed by atoms with E-state index < -0.39 is 30.2 Å². The minimum atomic E-state index is -1.04. The Hall–Kier alpha value is -2.14. The van der Waals surface area contributed by atoms with Crippen LogP contribution in [0.3, 0.4) is 0 Å². The second-order valence-corrected chi connectivity index (χ2v) is 8.13. The van der Waals surface area contributed by atoms with Gasteiger partial charge in [0.2, 0.25) is 5.91 Å². The van der Waals surface area contributed by atoms with Crippen molar-refractivity contribution in [2.24, 2.45) is 5.92 Å². The number of hydrogen-bond donors (Lipinski definition) is 3. The third kappa shape index (κ3) is 3.68. The maximum absolute atomic E-state index is 13.4. The SMILES string of the molecule is COc1cc(OC)cc(N2C(=S)NC3C(O)C(O)CC(C(=O)N4CCOCC4)C32)c1. The molecular formula is C20H27N3O6S. The van der Waals surface area contributed by atoms with Crippen LogP contribution >= 0.6 is 12.2 Å². The molecule has 5 atom stereocenters. The van der Waals surface area contributed by atoms with Gasteiger partial charge < -0.3 is 39.5 Å². The Bertz CT molecular complexity index is 795. The summed E-state index contributed by atoms with van der Waals surface area (Å²) in [5.41, 5.74) is 0.694. The quantitative estimate of drug-likeness (QED) is 0.550. The molecule has 0 spiro atoms. The van der Waals surface area contributed by atoms with Gasteiger partial charge in [-0.3, -0.25) is 4.79 Å². The number of ether oxygens (including phenoxy) is 3. The first kappa shape index (κ1) is 21.1. The number of morpholine rings is 1. The zero-order chi connectivity index (χ0) is 21.4. The number of methoxy groups -OCH3 is 2. The summed E-state index contributed by atoms with van der Waals surface area (Å²) < 4.78 is 16.1. The molecule has 164 valence electrons. The number of nitrogens with one attached hydrogen (secondary N) is 1. The van der Waals surface area contributed by atoms with Gasteiger partial charge in [0.05, 0.1) is 57.2 Å². The van der Waals surface area contributed by atoms with Crippen LogP contribution in [0.15, 0.2) is 18.2 Å². The lowest BCUT2D eigenvalue weighted by atomic mass is 9.77. The van der Waals surface area contributed by atoms with E-state index in [0.29, 0.717) is 48.6 Å². The zero-order valence-electron chi connectivity index (χ0n) is 17.0. The average Bonchev–Trinajstić information content (AvgIpc) is 3.13. The molecule has 2 saturated heterocycles. The van der Waals surface area contributed by atoms with Gasteiger partial charge in [0.25, 0.3) is 0 Å². The number of rotatable bonds is 4. The summed E-state index contributed by atoms with van der Waals surface area (Å²) in [6.07, 6.45) is -1.91. The fourth-order valence-electron chi connectivity index (χ4n) is 4.58. The first-order valence-electron chi connectivity index (χ1n) is 10.00.